The van der Waals surface area contributed by atoms with Crippen LogP contribution in [0, 0.1) is 6.92 Å². The van der Waals surface area contributed by atoms with Gasteiger partial charge in [0.2, 0.25) is 0 Å². The van der Waals surface area contributed by atoms with Gasteiger partial charge >= 0.3 is 0 Å². The van der Waals surface area contributed by atoms with Crippen molar-refractivity contribution < 1.29 is 9.32 Å². The minimum absolute atomic E-state index is 0.00972. The number of aryl methyl sites for hydroxylation is 1. The number of carbonyl (C=O) groups excluding carboxylic acids is 1. The molecule has 2 aromatic heterocycles. The monoisotopic (exact) mass is 236 g/mol. The third-order valence-corrected chi connectivity index (χ3v) is 3.23. The summed E-state index contributed by atoms with van der Waals surface area (Å²) in [5.41, 5.74) is 0.320. The van der Waals surface area contributed by atoms with E-state index in [1.165, 1.54) is 0 Å². The fourth-order valence-corrected chi connectivity index (χ4v) is 2.09. The lowest BCUT2D eigenvalue weighted by Gasteiger charge is -2.10. The SMILES string of the molecule is Cc1cc(C(=O)N[C@@H](C)c2cccs2)no1. The van der Waals surface area contributed by atoms with E-state index in [2.05, 4.69) is 10.5 Å². The van der Waals surface area contributed by atoms with E-state index in [1.54, 1.807) is 24.3 Å². The molecule has 0 aliphatic carbocycles. The molecule has 2 heterocycles. The van der Waals surface area contributed by atoms with Crippen LogP contribution in [0.1, 0.15) is 34.1 Å². The second-order valence-corrected chi connectivity index (χ2v) is 4.51. The molecule has 16 heavy (non-hydrogen) atoms. The third-order valence-electron chi connectivity index (χ3n) is 2.18. The van der Waals surface area contributed by atoms with Gasteiger partial charge in [-0.2, -0.15) is 0 Å². The molecule has 5 heteroatoms. The van der Waals surface area contributed by atoms with Gasteiger partial charge in [-0.15, -0.1) is 11.3 Å². The Kier molecular flexibility index (Phi) is 3.05. The highest BCUT2D eigenvalue weighted by molar-refractivity contribution is 7.10. The highest BCUT2D eigenvalue weighted by Crippen LogP contribution is 2.18. The maximum Gasteiger partial charge on any atom is 0.273 e. The van der Waals surface area contributed by atoms with Crippen molar-refractivity contribution in [2.75, 3.05) is 0 Å². The quantitative estimate of drug-likeness (QED) is 0.891. The van der Waals surface area contributed by atoms with Gasteiger partial charge in [-0.1, -0.05) is 11.2 Å². The molecule has 4 nitrogen and oxygen atoms in total. The van der Waals surface area contributed by atoms with Gasteiger partial charge in [-0.05, 0) is 25.3 Å². The van der Waals surface area contributed by atoms with Crippen molar-refractivity contribution >= 4 is 17.2 Å². The van der Waals surface area contributed by atoms with Crippen molar-refractivity contribution in [3.8, 4) is 0 Å². The Bertz CT molecular complexity index is 476. The summed E-state index contributed by atoms with van der Waals surface area (Å²) in [6.45, 7) is 3.70. The summed E-state index contributed by atoms with van der Waals surface area (Å²) in [4.78, 5) is 12.9. The Balaban J connectivity index is 2.03. The van der Waals surface area contributed by atoms with E-state index in [1.807, 2.05) is 24.4 Å². The van der Waals surface area contributed by atoms with Gasteiger partial charge in [-0.25, -0.2) is 0 Å². The first-order chi connectivity index (χ1) is 7.66. The Morgan fingerprint density at radius 2 is 2.44 bits per heavy atom. The summed E-state index contributed by atoms with van der Waals surface area (Å²) in [6.07, 6.45) is 0. The molecular weight excluding hydrogens is 224 g/mol. The second-order valence-electron chi connectivity index (χ2n) is 3.53. The normalized spacial score (nSPS) is 12.4. The number of carbonyl (C=O) groups is 1. The van der Waals surface area contributed by atoms with Crippen molar-refractivity contribution in [3.05, 3.63) is 39.9 Å². The lowest BCUT2D eigenvalue weighted by Crippen LogP contribution is -2.26. The number of nitrogens with zero attached hydrogens (tertiary/aromatic N) is 1. The number of amides is 1. The minimum Gasteiger partial charge on any atom is -0.361 e. The largest absolute Gasteiger partial charge is 0.361 e. The highest BCUT2D eigenvalue weighted by Gasteiger charge is 2.14. The standard InChI is InChI=1S/C11H12N2O2S/c1-7-6-9(13-15-7)11(14)12-8(2)10-4-3-5-16-10/h3-6,8H,1-2H3,(H,12,14)/t8-/m0/s1. The number of hydrogen-bond acceptors (Lipinski definition) is 4. The molecule has 84 valence electrons. The Labute approximate surface area is 97.3 Å². The van der Waals surface area contributed by atoms with E-state index in [9.17, 15) is 4.79 Å². The van der Waals surface area contributed by atoms with Gasteiger partial charge in [0.15, 0.2) is 5.69 Å². The molecule has 0 spiro atoms. The molecule has 0 saturated carbocycles. The van der Waals surface area contributed by atoms with Gasteiger partial charge in [0, 0.05) is 10.9 Å². The number of thiophene rings is 1. The van der Waals surface area contributed by atoms with Gasteiger partial charge in [0.25, 0.3) is 5.91 Å². The van der Waals surface area contributed by atoms with Crippen LogP contribution in [0.25, 0.3) is 0 Å². The van der Waals surface area contributed by atoms with Crippen molar-refractivity contribution in [1.82, 2.24) is 10.5 Å². The topological polar surface area (TPSA) is 55.1 Å². The zero-order valence-electron chi connectivity index (χ0n) is 9.06. The fraction of sp³-hybridized carbons (Fsp3) is 0.273. The predicted molar refractivity (Wildman–Crippen MR) is 61.4 cm³/mol. The van der Waals surface area contributed by atoms with Gasteiger partial charge in [0.05, 0.1) is 6.04 Å². The summed E-state index contributed by atoms with van der Waals surface area (Å²) < 4.78 is 4.85. The Morgan fingerprint density at radius 3 is 3.00 bits per heavy atom. The first kappa shape index (κ1) is 10.9. The zero-order valence-corrected chi connectivity index (χ0v) is 9.88. The number of aromatic nitrogens is 1. The zero-order chi connectivity index (χ0) is 11.5. The summed E-state index contributed by atoms with van der Waals surface area (Å²) in [6, 6.07) is 5.56. The number of nitrogens with one attached hydrogen (secondary N) is 1. The van der Waals surface area contributed by atoms with Crippen LogP contribution in [0.2, 0.25) is 0 Å². The van der Waals surface area contributed by atoms with Crippen LogP contribution < -0.4 is 5.32 Å². The molecule has 0 fully saturated rings. The van der Waals surface area contributed by atoms with Crippen molar-refractivity contribution in [3.63, 3.8) is 0 Å². The van der Waals surface area contributed by atoms with Crippen LogP contribution in [0.3, 0.4) is 0 Å². The molecule has 1 amide bonds. The smallest absolute Gasteiger partial charge is 0.273 e. The molecule has 0 saturated heterocycles. The molecule has 1 atom stereocenters. The van der Waals surface area contributed by atoms with Crippen LogP contribution in [-0.4, -0.2) is 11.1 Å². The van der Waals surface area contributed by atoms with Crippen molar-refractivity contribution in [2.24, 2.45) is 0 Å². The fourth-order valence-electron chi connectivity index (χ4n) is 1.35. The Morgan fingerprint density at radius 1 is 1.62 bits per heavy atom. The van der Waals surface area contributed by atoms with Crippen LogP contribution >= 0.6 is 11.3 Å². The second kappa shape index (κ2) is 4.49. The van der Waals surface area contributed by atoms with E-state index in [0.29, 0.717) is 11.5 Å². The minimum atomic E-state index is -0.210. The lowest BCUT2D eigenvalue weighted by atomic mass is 10.2. The van der Waals surface area contributed by atoms with Gasteiger partial charge < -0.3 is 9.84 Å². The molecule has 2 rings (SSSR count). The van der Waals surface area contributed by atoms with Crippen LogP contribution in [0.4, 0.5) is 0 Å². The third kappa shape index (κ3) is 2.30. The average molecular weight is 236 g/mol. The molecular formula is C11H12N2O2S. The Hall–Kier alpha value is -1.62. The van der Waals surface area contributed by atoms with E-state index in [4.69, 9.17) is 4.52 Å². The summed E-state index contributed by atoms with van der Waals surface area (Å²) in [5.74, 6) is 0.423. The van der Waals surface area contributed by atoms with Crippen LogP contribution in [-0.2, 0) is 0 Å². The highest BCUT2D eigenvalue weighted by atomic mass is 32.1. The van der Waals surface area contributed by atoms with Gasteiger partial charge in [-0.3, -0.25) is 4.79 Å². The number of hydrogen-bond donors (Lipinski definition) is 1. The van der Waals surface area contributed by atoms with E-state index in [-0.39, 0.29) is 11.9 Å². The maximum absolute atomic E-state index is 11.7. The van der Waals surface area contributed by atoms with Crippen molar-refractivity contribution in [1.29, 1.82) is 0 Å². The molecule has 1 N–H and O–H groups in total. The van der Waals surface area contributed by atoms with E-state index in [0.717, 1.165) is 4.88 Å². The van der Waals surface area contributed by atoms with Crippen LogP contribution in [0.15, 0.2) is 28.1 Å². The molecule has 2 aromatic rings. The van der Waals surface area contributed by atoms with E-state index >= 15 is 0 Å². The molecule has 0 aromatic carbocycles. The van der Waals surface area contributed by atoms with Crippen molar-refractivity contribution in [2.45, 2.75) is 19.9 Å². The summed E-state index contributed by atoms with van der Waals surface area (Å²) in [5, 5.41) is 8.51. The predicted octanol–water partition coefficient (Wildman–Crippen LogP) is 2.54. The summed E-state index contributed by atoms with van der Waals surface area (Å²) in [7, 11) is 0. The molecule has 0 aliphatic rings. The molecule has 0 bridgehead atoms. The lowest BCUT2D eigenvalue weighted by molar-refractivity contribution is 0.0931. The van der Waals surface area contributed by atoms with Gasteiger partial charge in [0.1, 0.15) is 5.76 Å². The average Bonchev–Trinajstić information content (AvgIpc) is 2.87. The van der Waals surface area contributed by atoms with Crippen LogP contribution in [0.5, 0.6) is 0 Å². The maximum atomic E-state index is 11.7. The van der Waals surface area contributed by atoms with E-state index < -0.39 is 0 Å². The number of rotatable bonds is 3. The first-order valence-corrected chi connectivity index (χ1v) is 5.82. The summed E-state index contributed by atoms with van der Waals surface area (Å²) >= 11 is 1.61. The molecule has 0 aliphatic heterocycles. The molecule has 0 radical (unpaired) electrons. The first-order valence-electron chi connectivity index (χ1n) is 4.94. The molecule has 0 unspecified atom stereocenters.